The number of urea groups is 1. The van der Waals surface area contributed by atoms with Gasteiger partial charge < -0.3 is 20.1 Å². The Balaban J connectivity index is 4.82. The van der Waals surface area contributed by atoms with Gasteiger partial charge in [-0.1, -0.05) is 34.6 Å². The molecular weight excluding hydrogens is 260 g/mol. The molecule has 0 saturated heterocycles. The second kappa shape index (κ2) is 8.09. The molecule has 0 rings (SSSR count). The molecule has 0 aromatic heterocycles. The fourth-order valence-corrected chi connectivity index (χ4v) is 1.78. The van der Waals surface area contributed by atoms with Gasteiger partial charge >= 0.3 is 12.0 Å². The van der Waals surface area contributed by atoms with Crippen molar-refractivity contribution in [1.29, 1.82) is 0 Å². The van der Waals surface area contributed by atoms with Gasteiger partial charge in [-0.05, 0) is 11.3 Å². The Bertz CT molecular complexity index is 324. The first kappa shape index (κ1) is 18.7. The number of amides is 2. The minimum Gasteiger partial charge on any atom is -0.480 e. The van der Waals surface area contributed by atoms with Gasteiger partial charge in [0.05, 0.1) is 6.61 Å². The van der Waals surface area contributed by atoms with Crippen molar-refractivity contribution >= 4 is 12.0 Å². The molecule has 0 bridgehead atoms. The van der Waals surface area contributed by atoms with Crippen LogP contribution in [0.2, 0.25) is 0 Å². The van der Waals surface area contributed by atoms with Crippen LogP contribution in [0.15, 0.2) is 0 Å². The van der Waals surface area contributed by atoms with Crippen molar-refractivity contribution < 1.29 is 19.4 Å². The Hall–Kier alpha value is -1.30. The molecule has 0 aliphatic carbocycles. The van der Waals surface area contributed by atoms with Gasteiger partial charge in [-0.15, -0.1) is 0 Å². The quantitative estimate of drug-likeness (QED) is 0.748. The first-order chi connectivity index (χ1) is 9.09. The molecule has 6 nitrogen and oxygen atoms in total. The maximum absolute atomic E-state index is 12.2. The lowest BCUT2D eigenvalue weighted by atomic mass is 9.87. The van der Waals surface area contributed by atoms with Crippen LogP contribution >= 0.6 is 0 Å². The number of nitrogens with one attached hydrogen (secondary N) is 1. The monoisotopic (exact) mass is 288 g/mol. The summed E-state index contributed by atoms with van der Waals surface area (Å²) in [6.45, 7) is 10.8. The molecule has 0 aromatic carbocycles. The van der Waals surface area contributed by atoms with Crippen molar-refractivity contribution in [3.8, 4) is 0 Å². The van der Waals surface area contributed by atoms with Gasteiger partial charge in [-0.3, -0.25) is 0 Å². The minimum absolute atomic E-state index is 0.301. The van der Waals surface area contributed by atoms with Crippen molar-refractivity contribution in [2.24, 2.45) is 11.3 Å². The van der Waals surface area contributed by atoms with Crippen molar-refractivity contribution in [2.45, 2.75) is 40.7 Å². The second-order valence-corrected chi connectivity index (χ2v) is 6.42. The van der Waals surface area contributed by atoms with Gasteiger partial charge in [0.1, 0.15) is 6.04 Å². The maximum atomic E-state index is 12.2. The van der Waals surface area contributed by atoms with Crippen molar-refractivity contribution in [3.63, 3.8) is 0 Å². The molecule has 2 amide bonds. The summed E-state index contributed by atoms with van der Waals surface area (Å²) >= 11 is 0. The van der Waals surface area contributed by atoms with Crippen LogP contribution in [0.3, 0.4) is 0 Å². The number of methoxy groups -OCH3 is 1. The summed E-state index contributed by atoms with van der Waals surface area (Å²) in [5, 5.41) is 11.8. The van der Waals surface area contributed by atoms with Crippen molar-refractivity contribution in [1.82, 2.24) is 10.2 Å². The predicted octanol–water partition coefficient (Wildman–Crippen LogP) is 1.80. The van der Waals surface area contributed by atoms with E-state index >= 15 is 0 Å². The molecule has 0 aliphatic heterocycles. The van der Waals surface area contributed by atoms with E-state index in [1.807, 2.05) is 13.8 Å². The van der Waals surface area contributed by atoms with Gasteiger partial charge in [0.15, 0.2) is 0 Å². The zero-order valence-electron chi connectivity index (χ0n) is 13.4. The first-order valence-electron chi connectivity index (χ1n) is 6.86. The van der Waals surface area contributed by atoms with E-state index < -0.39 is 17.4 Å². The predicted molar refractivity (Wildman–Crippen MR) is 77.7 cm³/mol. The Morgan fingerprint density at radius 3 is 2.20 bits per heavy atom. The molecule has 0 aliphatic rings. The van der Waals surface area contributed by atoms with Gasteiger partial charge in [0, 0.05) is 20.2 Å². The standard InChI is InChI=1S/C14H28N2O4/c1-10(2)9-16(7-8-20-6)13(19)15-11(12(17)18)14(3,4)5/h10-11H,7-9H2,1-6H3,(H,15,19)(H,17,18)/t11-/m0/s1. The SMILES string of the molecule is COCCN(CC(C)C)C(=O)N[C@@H](C(=O)O)C(C)(C)C. The molecule has 0 saturated carbocycles. The van der Waals surface area contributed by atoms with E-state index in [1.165, 1.54) is 0 Å². The van der Waals surface area contributed by atoms with E-state index in [4.69, 9.17) is 4.74 Å². The molecule has 6 heteroatoms. The molecule has 0 heterocycles. The summed E-state index contributed by atoms with van der Waals surface area (Å²) in [4.78, 5) is 25.1. The lowest BCUT2D eigenvalue weighted by Gasteiger charge is -2.31. The Morgan fingerprint density at radius 2 is 1.85 bits per heavy atom. The fraction of sp³-hybridized carbons (Fsp3) is 0.857. The largest absolute Gasteiger partial charge is 0.480 e. The Kier molecular flexibility index (Phi) is 7.57. The topological polar surface area (TPSA) is 78.9 Å². The summed E-state index contributed by atoms with van der Waals surface area (Å²) in [7, 11) is 1.57. The lowest BCUT2D eigenvalue weighted by Crippen LogP contribution is -2.54. The molecule has 2 N–H and O–H groups in total. The number of hydrogen-bond donors (Lipinski definition) is 2. The lowest BCUT2D eigenvalue weighted by molar-refractivity contribution is -0.142. The normalized spacial score (nSPS) is 13.2. The van der Waals surface area contributed by atoms with Gasteiger partial charge in [-0.25, -0.2) is 9.59 Å². The summed E-state index contributed by atoms with van der Waals surface area (Å²) < 4.78 is 4.99. The van der Waals surface area contributed by atoms with Crippen LogP contribution in [0.25, 0.3) is 0 Å². The highest BCUT2D eigenvalue weighted by Gasteiger charge is 2.33. The molecule has 0 unspecified atom stereocenters. The van der Waals surface area contributed by atoms with Crippen LogP contribution < -0.4 is 5.32 Å². The number of aliphatic carboxylic acids is 1. The average Bonchev–Trinajstić information content (AvgIpc) is 2.28. The van der Waals surface area contributed by atoms with Crippen LogP contribution in [-0.4, -0.2) is 54.9 Å². The third-order valence-corrected chi connectivity index (χ3v) is 2.82. The smallest absolute Gasteiger partial charge is 0.326 e. The average molecular weight is 288 g/mol. The van der Waals surface area contributed by atoms with Crippen molar-refractivity contribution in [2.75, 3.05) is 26.8 Å². The number of nitrogens with zero attached hydrogens (tertiary/aromatic N) is 1. The van der Waals surface area contributed by atoms with E-state index in [9.17, 15) is 14.7 Å². The molecule has 0 spiro atoms. The minimum atomic E-state index is -1.03. The van der Waals surface area contributed by atoms with Crippen LogP contribution in [0.4, 0.5) is 4.79 Å². The third kappa shape index (κ3) is 6.75. The zero-order chi connectivity index (χ0) is 15.9. The second-order valence-electron chi connectivity index (χ2n) is 6.42. The van der Waals surface area contributed by atoms with E-state index in [0.29, 0.717) is 25.6 Å². The molecule has 0 radical (unpaired) electrons. The summed E-state index contributed by atoms with van der Waals surface area (Å²) in [5.41, 5.74) is -0.549. The number of carboxylic acids is 1. The van der Waals surface area contributed by atoms with Crippen LogP contribution in [0, 0.1) is 11.3 Å². The molecule has 1 atom stereocenters. The van der Waals surface area contributed by atoms with E-state index in [1.54, 1.807) is 32.8 Å². The molecule has 20 heavy (non-hydrogen) atoms. The number of ether oxygens (including phenoxy) is 1. The van der Waals surface area contributed by atoms with Gasteiger partial charge in [0.25, 0.3) is 0 Å². The van der Waals surface area contributed by atoms with E-state index in [0.717, 1.165) is 0 Å². The van der Waals surface area contributed by atoms with Crippen LogP contribution in [-0.2, 0) is 9.53 Å². The van der Waals surface area contributed by atoms with Crippen LogP contribution in [0.5, 0.6) is 0 Å². The zero-order valence-corrected chi connectivity index (χ0v) is 13.4. The molecule has 118 valence electrons. The number of carbonyl (C=O) groups is 2. The van der Waals surface area contributed by atoms with Gasteiger partial charge in [0.2, 0.25) is 0 Å². The number of carboxylic acid groups (broad SMARTS) is 1. The van der Waals surface area contributed by atoms with Gasteiger partial charge in [-0.2, -0.15) is 0 Å². The third-order valence-electron chi connectivity index (χ3n) is 2.82. The molecule has 0 aromatic rings. The number of rotatable bonds is 7. The van der Waals surface area contributed by atoms with E-state index in [2.05, 4.69) is 5.32 Å². The first-order valence-corrected chi connectivity index (χ1v) is 6.86. The molecule has 0 fully saturated rings. The number of hydrogen-bond acceptors (Lipinski definition) is 3. The number of carbonyl (C=O) groups excluding carboxylic acids is 1. The highest BCUT2D eigenvalue weighted by atomic mass is 16.5. The highest BCUT2D eigenvalue weighted by Crippen LogP contribution is 2.19. The highest BCUT2D eigenvalue weighted by molar-refractivity contribution is 5.83. The van der Waals surface area contributed by atoms with Crippen LogP contribution in [0.1, 0.15) is 34.6 Å². The Morgan fingerprint density at radius 1 is 1.30 bits per heavy atom. The molecular formula is C14H28N2O4. The summed E-state index contributed by atoms with van der Waals surface area (Å²) in [5.74, 6) is -0.724. The maximum Gasteiger partial charge on any atom is 0.326 e. The Labute approximate surface area is 121 Å². The van der Waals surface area contributed by atoms with Crippen molar-refractivity contribution in [3.05, 3.63) is 0 Å². The summed E-state index contributed by atoms with van der Waals surface area (Å²) in [6, 6.07) is -1.29. The fourth-order valence-electron chi connectivity index (χ4n) is 1.78. The summed E-state index contributed by atoms with van der Waals surface area (Å²) in [6.07, 6.45) is 0. The van der Waals surface area contributed by atoms with E-state index in [-0.39, 0.29) is 6.03 Å².